The lowest BCUT2D eigenvalue weighted by atomic mass is 10.1. The van der Waals surface area contributed by atoms with E-state index < -0.39 is 0 Å². The fraction of sp³-hybridized carbons (Fsp3) is 0.316. The third-order valence-electron chi connectivity index (χ3n) is 3.57. The van der Waals surface area contributed by atoms with Crippen LogP contribution in [0.15, 0.2) is 48.5 Å². The number of nitrogens with one attached hydrogen (secondary N) is 2. The topological polar surface area (TPSA) is 50.4 Å². The van der Waals surface area contributed by atoms with Gasteiger partial charge in [0.15, 0.2) is 0 Å². The summed E-state index contributed by atoms with van der Waals surface area (Å²) >= 11 is 0. The number of hydrogen-bond donors (Lipinski definition) is 2. The Balaban J connectivity index is 1.65. The highest BCUT2D eigenvalue weighted by Crippen LogP contribution is 2.12. The largest absolute Gasteiger partial charge is 0.497 e. The van der Waals surface area contributed by atoms with Gasteiger partial charge in [0.1, 0.15) is 5.75 Å². The van der Waals surface area contributed by atoms with E-state index >= 15 is 0 Å². The molecular formula is C19H24N2O2. The molecule has 2 rings (SSSR count). The maximum Gasteiger partial charge on any atom is 0.221 e. The molecule has 0 aliphatic heterocycles. The number of amides is 1. The van der Waals surface area contributed by atoms with Gasteiger partial charge in [-0.25, -0.2) is 0 Å². The SMILES string of the molecule is COc1cccc(CCNC(=O)CCNc2cccc(C)c2)c1. The molecule has 4 heteroatoms. The Labute approximate surface area is 137 Å². The van der Waals surface area contributed by atoms with Crippen molar-refractivity contribution >= 4 is 11.6 Å². The molecule has 0 heterocycles. The van der Waals surface area contributed by atoms with Crippen LogP contribution < -0.4 is 15.4 Å². The van der Waals surface area contributed by atoms with Crippen molar-refractivity contribution in [2.24, 2.45) is 0 Å². The van der Waals surface area contributed by atoms with E-state index in [1.165, 1.54) is 5.56 Å². The summed E-state index contributed by atoms with van der Waals surface area (Å²) in [5, 5.41) is 6.21. The monoisotopic (exact) mass is 312 g/mol. The summed E-state index contributed by atoms with van der Waals surface area (Å²) < 4.78 is 5.19. The third-order valence-corrected chi connectivity index (χ3v) is 3.57. The summed E-state index contributed by atoms with van der Waals surface area (Å²) in [6.45, 7) is 3.32. The number of carbonyl (C=O) groups excluding carboxylic acids is 1. The van der Waals surface area contributed by atoms with Gasteiger partial charge in [0.25, 0.3) is 0 Å². The van der Waals surface area contributed by atoms with Crippen molar-refractivity contribution in [3.05, 3.63) is 59.7 Å². The van der Waals surface area contributed by atoms with Crippen LogP contribution in [0.1, 0.15) is 17.5 Å². The first-order valence-corrected chi connectivity index (χ1v) is 7.87. The standard InChI is InChI=1S/C19H24N2O2/c1-15-5-3-7-17(13-15)20-12-10-19(22)21-11-9-16-6-4-8-18(14-16)23-2/h3-8,13-14,20H,9-12H2,1-2H3,(H,21,22). The molecule has 122 valence electrons. The van der Waals surface area contributed by atoms with Crippen LogP contribution in [-0.2, 0) is 11.2 Å². The van der Waals surface area contributed by atoms with Crippen molar-refractivity contribution < 1.29 is 9.53 Å². The fourth-order valence-corrected chi connectivity index (χ4v) is 2.34. The first-order chi connectivity index (χ1) is 11.2. The molecule has 23 heavy (non-hydrogen) atoms. The van der Waals surface area contributed by atoms with Crippen molar-refractivity contribution in [3.63, 3.8) is 0 Å². The molecule has 0 fully saturated rings. The average Bonchev–Trinajstić information content (AvgIpc) is 2.55. The van der Waals surface area contributed by atoms with Crippen LogP contribution >= 0.6 is 0 Å². The summed E-state index contributed by atoms with van der Waals surface area (Å²) in [7, 11) is 1.65. The highest BCUT2D eigenvalue weighted by Gasteiger charge is 2.02. The molecule has 2 aromatic rings. The van der Waals surface area contributed by atoms with Crippen LogP contribution in [0.4, 0.5) is 5.69 Å². The van der Waals surface area contributed by atoms with E-state index in [-0.39, 0.29) is 5.91 Å². The third kappa shape index (κ3) is 6.02. The smallest absolute Gasteiger partial charge is 0.221 e. The zero-order chi connectivity index (χ0) is 16.5. The molecular weight excluding hydrogens is 288 g/mol. The van der Waals surface area contributed by atoms with Crippen LogP contribution in [-0.4, -0.2) is 26.1 Å². The van der Waals surface area contributed by atoms with E-state index in [0.29, 0.717) is 19.5 Å². The minimum Gasteiger partial charge on any atom is -0.497 e. The lowest BCUT2D eigenvalue weighted by Gasteiger charge is -2.08. The van der Waals surface area contributed by atoms with Crippen molar-refractivity contribution in [3.8, 4) is 5.75 Å². The van der Waals surface area contributed by atoms with Gasteiger partial charge in [0, 0.05) is 25.2 Å². The minimum atomic E-state index is 0.0630. The van der Waals surface area contributed by atoms with E-state index in [0.717, 1.165) is 23.4 Å². The second-order valence-electron chi connectivity index (χ2n) is 5.50. The number of anilines is 1. The molecule has 0 unspecified atom stereocenters. The van der Waals surface area contributed by atoms with Crippen LogP contribution in [0, 0.1) is 6.92 Å². The van der Waals surface area contributed by atoms with E-state index in [9.17, 15) is 4.79 Å². The first-order valence-electron chi connectivity index (χ1n) is 7.87. The number of rotatable bonds is 8. The molecule has 0 atom stereocenters. The normalized spacial score (nSPS) is 10.2. The first kappa shape index (κ1) is 16.9. The predicted molar refractivity (Wildman–Crippen MR) is 94.0 cm³/mol. The van der Waals surface area contributed by atoms with Gasteiger partial charge in [-0.1, -0.05) is 24.3 Å². The molecule has 0 aliphatic rings. The maximum atomic E-state index is 11.8. The van der Waals surface area contributed by atoms with Crippen molar-refractivity contribution in [2.45, 2.75) is 19.8 Å². The summed E-state index contributed by atoms with van der Waals surface area (Å²) in [5.41, 5.74) is 3.41. The molecule has 0 aromatic heterocycles. The number of benzene rings is 2. The van der Waals surface area contributed by atoms with Gasteiger partial charge >= 0.3 is 0 Å². The lowest BCUT2D eigenvalue weighted by Crippen LogP contribution is -2.27. The Kier molecular flexibility index (Phi) is 6.48. The van der Waals surface area contributed by atoms with Gasteiger partial charge < -0.3 is 15.4 Å². The highest BCUT2D eigenvalue weighted by molar-refractivity contribution is 5.76. The average molecular weight is 312 g/mol. The molecule has 0 aliphatic carbocycles. The fourth-order valence-electron chi connectivity index (χ4n) is 2.34. The summed E-state index contributed by atoms with van der Waals surface area (Å²) in [6.07, 6.45) is 1.26. The molecule has 2 aromatic carbocycles. The van der Waals surface area contributed by atoms with Gasteiger partial charge in [0.2, 0.25) is 5.91 Å². The van der Waals surface area contributed by atoms with Gasteiger partial charge in [-0.2, -0.15) is 0 Å². The Morgan fingerprint density at radius 1 is 1.09 bits per heavy atom. The zero-order valence-corrected chi connectivity index (χ0v) is 13.8. The number of hydrogen-bond acceptors (Lipinski definition) is 3. The van der Waals surface area contributed by atoms with Gasteiger partial charge in [-0.3, -0.25) is 4.79 Å². The van der Waals surface area contributed by atoms with E-state index in [4.69, 9.17) is 4.74 Å². The Morgan fingerprint density at radius 2 is 1.91 bits per heavy atom. The highest BCUT2D eigenvalue weighted by atomic mass is 16.5. The summed E-state index contributed by atoms with van der Waals surface area (Å²) in [4.78, 5) is 11.8. The molecule has 4 nitrogen and oxygen atoms in total. The second kappa shape index (κ2) is 8.83. The lowest BCUT2D eigenvalue weighted by molar-refractivity contribution is -0.120. The number of ether oxygens (including phenoxy) is 1. The minimum absolute atomic E-state index is 0.0630. The molecule has 1 amide bonds. The van der Waals surface area contributed by atoms with Crippen molar-refractivity contribution in [2.75, 3.05) is 25.5 Å². The molecule has 0 saturated heterocycles. The van der Waals surface area contributed by atoms with Gasteiger partial charge in [0.05, 0.1) is 7.11 Å². The Hall–Kier alpha value is -2.49. The van der Waals surface area contributed by atoms with E-state index in [1.54, 1.807) is 7.11 Å². The van der Waals surface area contributed by atoms with Crippen LogP contribution in [0.25, 0.3) is 0 Å². The number of aryl methyl sites for hydroxylation is 1. The van der Waals surface area contributed by atoms with Crippen LogP contribution in [0.5, 0.6) is 5.75 Å². The van der Waals surface area contributed by atoms with Gasteiger partial charge in [-0.15, -0.1) is 0 Å². The maximum absolute atomic E-state index is 11.8. The van der Waals surface area contributed by atoms with Crippen LogP contribution in [0.3, 0.4) is 0 Å². The van der Waals surface area contributed by atoms with E-state index in [1.807, 2.05) is 36.4 Å². The Morgan fingerprint density at radius 3 is 2.70 bits per heavy atom. The summed E-state index contributed by atoms with van der Waals surface area (Å²) in [5.74, 6) is 0.907. The molecule has 0 radical (unpaired) electrons. The number of methoxy groups -OCH3 is 1. The molecule has 2 N–H and O–H groups in total. The van der Waals surface area contributed by atoms with Crippen molar-refractivity contribution in [1.82, 2.24) is 5.32 Å². The zero-order valence-electron chi connectivity index (χ0n) is 13.8. The quantitative estimate of drug-likeness (QED) is 0.787. The summed E-state index contributed by atoms with van der Waals surface area (Å²) in [6, 6.07) is 16.0. The van der Waals surface area contributed by atoms with E-state index in [2.05, 4.69) is 29.7 Å². The Bertz CT molecular complexity index is 641. The van der Waals surface area contributed by atoms with Gasteiger partial charge in [-0.05, 0) is 48.7 Å². The molecule has 0 spiro atoms. The molecule has 0 bridgehead atoms. The number of carbonyl (C=O) groups is 1. The van der Waals surface area contributed by atoms with Crippen LogP contribution in [0.2, 0.25) is 0 Å². The molecule has 0 saturated carbocycles. The second-order valence-corrected chi connectivity index (χ2v) is 5.50. The van der Waals surface area contributed by atoms with Crippen molar-refractivity contribution in [1.29, 1.82) is 0 Å². The predicted octanol–water partition coefficient (Wildman–Crippen LogP) is 3.16.